The van der Waals surface area contributed by atoms with Crippen LogP contribution in [0.25, 0.3) is 0 Å². The van der Waals surface area contributed by atoms with Crippen molar-refractivity contribution in [1.29, 1.82) is 0 Å². The number of thiophene rings is 1. The molecule has 0 bridgehead atoms. The average Bonchev–Trinajstić information content (AvgIpc) is 2.76. The topological polar surface area (TPSA) is 104 Å². The van der Waals surface area contributed by atoms with Crippen LogP contribution in [0.4, 0.5) is 0 Å². The quantitative estimate of drug-likeness (QED) is 0.681. The van der Waals surface area contributed by atoms with E-state index in [2.05, 4.69) is 5.32 Å². The molecular formula is C14H19NO5S. The summed E-state index contributed by atoms with van der Waals surface area (Å²) in [4.78, 5) is 35.1. The van der Waals surface area contributed by atoms with Gasteiger partial charge in [0.1, 0.15) is 6.04 Å². The fraction of sp³-hybridized carbons (Fsp3) is 0.500. The number of hydrogen-bond donors (Lipinski definition) is 3. The summed E-state index contributed by atoms with van der Waals surface area (Å²) < 4.78 is 0. The summed E-state index contributed by atoms with van der Waals surface area (Å²) in [5.41, 5.74) is 1.09. The lowest BCUT2D eigenvalue weighted by Crippen LogP contribution is -2.40. The number of hydrogen-bond acceptors (Lipinski definition) is 4. The number of carbonyl (C=O) groups excluding carboxylic acids is 1. The lowest BCUT2D eigenvalue weighted by atomic mass is 10.1. The first-order valence-corrected chi connectivity index (χ1v) is 7.51. The molecule has 116 valence electrons. The molecule has 1 atom stereocenters. The largest absolute Gasteiger partial charge is 0.481 e. The summed E-state index contributed by atoms with van der Waals surface area (Å²) >= 11 is 1.32. The van der Waals surface area contributed by atoms with E-state index in [4.69, 9.17) is 10.2 Å². The number of carbonyl (C=O) groups is 3. The molecule has 1 amide bonds. The molecule has 1 aromatic heterocycles. The normalized spacial score (nSPS) is 11.9. The van der Waals surface area contributed by atoms with E-state index in [1.807, 2.05) is 13.8 Å². The van der Waals surface area contributed by atoms with Crippen LogP contribution in [0.3, 0.4) is 0 Å². The van der Waals surface area contributed by atoms with Crippen molar-refractivity contribution in [2.24, 2.45) is 0 Å². The van der Waals surface area contributed by atoms with Crippen molar-refractivity contribution in [2.45, 2.75) is 45.6 Å². The van der Waals surface area contributed by atoms with Crippen molar-refractivity contribution in [2.75, 3.05) is 0 Å². The molecule has 6 nitrogen and oxygen atoms in total. The van der Waals surface area contributed by atoms with Gasteiger partial charge in [0.2, 0.25) is 0 Å². The van der Waals surface area contributed by atoms with Crippen molar-refractivity contribution in [3.63, 3.8) is 0 Å². The third-order valence-corrected chi connectivity index (χ3v) is 4.11. The standard InChI is InChI=1S/C14H19NO5S/c1-3-4-9-7-11(21-8(9)2)13(18)15-10(14(19)20)5-6-12(16)17/h7,10H,3-6H2,1-2H3,(H,15,18)(H,16,17)(H,19,20)/t10-/m1/s1. The minimum atomic E-state index is -1.23. The molecule has 0 spiro atoms. The number of carboxylic acid groups (broad SMARTS) is 2. The summed E-state index contributed by atoms with van der Waals surface area (Å²) in [7, 11) is 0. The first-order chi connectivity index (χ1) is 9.85. The maximum atomic E-state index is 12.1. The highest BCUT2D eigenvalue weighted by molar-refractivity contribution is 7.14. The Morgan fingerprint density at radius 2 is 2.00 bits per heavy atom. The SMILES string of the molecule is CCCc1cc(C(=O)N[C@H](CCC(=O)O)C(=O)O)sc1C. The molecule has 0 saturated carbocycles. The van der Waals surface area contributed by atoms with Gasteiger partial charge in [0.15, 0.2) is 0 Å². The Labute approximate surface area is 126 Å². The summed E-state index contributed by atoms with van der Waals surface area (Å²) in [6.45, 7) is 3.97. The summed E-state index contributed by atoms with van der Waals surface area (Å²) in [6, 6.07) is 0.584. The molecule has 1 aromatic rings. The van der Waals surface area contributed by atoms with Crippen molar-refractivity contribution in [3.8, 4) is 0 Å². The van der Waals surface area contributed by atoms with Crippen LogP contribution in [-0.4, -0.2) is 34.1 Å². The van der Waals surface area contributed by atoms with Gasteiger partial charge in [0, 0.05) is 11.3 Å². The molecular weight excluding hydrogens is 294 g/mol. The lowest BCUT2D eigenvalue weighted by Gasteiger charge is -2.12. The fourth-order valence-electron chi connectivity index (χ4n) is 1.90. The molecule has 0 aliphatic heterocycles. The second kappa shape index (κ2) is 7.78. The molecule has 0 unspecified atom stereocenters. The van der Waals surface area contributed by atoms with Gasteiger partial charge in [-0.1, -0.05) is 13.3 Å². The van der Waals surface area contributed by atoms with Crippen LogP contribution >= 0.6 is 11.3 Å². The minimum Gasteiger partial charge on any atom is -0.481 e. The molecule has 21 heavy (non-hydrogen) atoms. The van der Waals surface area contributed by atoms with E-state index in [0.29, 0.717) is 4.88 Å². The van der Waals surface area contributed by atoms with Gasteiger partial charge in [-0.2, -0.15) is 0 Å². The molecule has 0 aliphatic rings. The van der Waals surface area contributed by atoms with Gasteiger partial charge in [-0.3, -0.25) is 9.59 Å². The molecule has 0 radical (unpaired) electrons. The van der Waals surface area contributed by atoms with E-state index in [1.165, 1.54) is 11.3 Å². The third-order valence-electron chi connectivity index (χ3n) is 3.01. The highest BCUT2D eigenvalue weighted by Crippen LogP contribution is 2.23. The van der Waals surface area contributed by atoms with Crippen LogP contribution in [0, 0.1) is 6.92 Å². The summed E-state index contributed by atoms with van der Waals surface area (Å²) in [6.07, 6.45) is 1.40. The Kier molecular flexibility index (Phi) is 6.36. The molecule has 0 aromatic carbocycles. The van der Waals surface area contributed by atoms with Crippen molar-refractivity contribution >= 4 is 29.2 Å². The number of nitrogens with one attached hydrogen (secondary N) is 1. The van der Waals surface area contributed by atoms with Crippen LogP contribution < -0.4 is 5.32 Å². The second-order valence-corrected chi connectivity index (χ2v) is 6.00. The summed E-state index contributed by atoms with van der Waals surface area (Å²) in [5.74, 6) is -2.79. The zero-order valence-electron chi connectivity index (χ0n) is 12.0. The average molecular weight is 313 g/mol. The predicted octanol–water partition coefficient (Wildman–Crippen LogP) is 2.06. The van der Waals surface area contributed by atoms with E-state index in [-0.39, 0.29) is 12.8 Å². The van der Waals surface area contributed by atoms with Crippen LogP contribution in [0.2, 0.25) is 0 Å². The monoisotopic (exact) mass is 313 g/mol. The van der Waals surface area contributed by atoms with Gasteiger partial charge in [-0.25, -0.2) is 4.79 Å². The van der Waals surface area contributed by atoms with E-state index in [0.717, 1.165) is 23.3 Å². The smallest absolute Gasteiger partial charge is 0.326 e. The van der Waals surface area contributed by atoms with Crippen molar-refractivity contribution in [3.05, 3.63) is 21.4 Å². The van der Waals surface area contributed by atoms with Gasteiger partial charge < -0.3 is 15.5 Å². The second-order valence-electron chi connectivity index (χ2n) is 4.74. The highest BCUT2D eigenvalue weighted by atomic mass is 32.1. The Morgan fingerprint density at radius 3 is 2.52 bits per heavy atom. The van der Waals surface area contributed by atoms with E-state index < -0.39 is 23.9 Å². The van der Waals surface area contributed by atoms with E-state index in [1.54, 1.807) is 6.07 Å². The molecule has 0 fully saturated rings. The number of rotatable bonds is 8. The minimum absolute atomic E-state index is 0.136. The molecule has 0 saturated heterocycles. The Morgan fingerprint density at radius 1 is 1.33 bits per heavy atom. The van der Waals surface area contributed by atoms with E-state index >= 15 is 0 Å². The third kappa shape index (κ3) is 5.18. The zero-order valence-corrected chi connectivity index (χ0v) is 12.8. The fourth-order valence-corrected chi connectivity index (χ4v) is 2.88. The van der Waals surface area contributed by atoms with Gasteiger partial charge in [-0.15, -0.1) is 11.3 Å². The van der Waals surface area contributed by atoms with Crippen LogP contribution in [0.1, 0.15) is 46.3 Å². The van der Waals surface area contributed by atoms with Crippen molar-refractivity contribution < 1.29 is 24.6 Å². The number of aryl methyl sites for hydroxylation is 2. The Hall–Kier alpha value is -1.89. The maximum Gasteiger partial charge on any atom is 0.326 e. The molecule has 7 heteroatoms. The zero-order chi connectivity index (χ0) is 16.0. The highest BCUT2D eigenvalue weighted by Gasteiger charge is 2.22. The van der Waals surface area contributed by atoms with Crippen LogP contribution in [0.5, 0.6) is 0 Å². The van der Waals surface area contributed by atoms with Crippen LogP contribution in [-0.2, 0) is 16.0 Å². The molecule has 1 heterocycles. The van der Waals surface area contributed by atoms with Gasteiger partial charge in [0.05, 0.1) is 4.88 Å². The molecule has 1 rings (SSSR count). The van der Waals surface area contributed by atoms with Gasteiger partial charge in [-0.05, 0) is 31.4 Å². The number of carboxylic acids is 2. The number of aliphatic carboxylic acids is 2. The predicted molar refractivity (Wildman–Crippen MR) is 78.8 cm³/mol. The Bertz CT molecular complexity index is 537. The van der Waals surface area contributed by atoms with Gasteiger partial charge >= 0.3 is 11.9 Å². The van der Waals surface area contributed by atoms with Crippen molar-refractivity contribution in [1.82, 2.24) is 5.32 Å². The maximum absolute atomic E-state index is 12.1. The first-order valence-electron chi connectivity index (χ1n) is 6.69. The first kappa shape index (κ1) is 17.2. The summed E-state index contributed by atoms with van der Waals surface area (Å²) in [5, 5.41) is 20.0. The van der Waals surface area contributed by atoms with Gasteiger partial charge in [0.25, 0.3) is 5.91 Å². The van der Waals surface area contributed by atoms with E-state index in [9.17, 15) is 14.4 Å². The lowest BCUT2D eigenvalue weighted by molar-refractivity contribution is -0.140. The molecule has 0 aliphatic carbocycles. The van der Waals surface area contributed by atoms with Crippen LogP contribution in [0.15, 0.2) is 6.07 Å². The Balaban J connectivity index is 2.74. The number of amides is 1. The molecule has 3 N–H and O–H groups in total.